The molecule has 17 heavy (non-hydrogen) atoms. The van der Waals surface area contributed by atoms with E-state index in [9.17, 15) is 0 Å². The van der Waals surface area contributed by atoms with Crippen LogP contribution in [0, 0.1) is 6.92 Å². The highest BCUT2D eigenvalue weighted by Gasteiger charge is 2.04. The summed E-state index contributed by atoms with van der Waals surface area (Å²) >= 11 is 1.59. The van der Waals surface area contributed by atoms with Crippen molar-refractivity contribution in [2.75, 3.05) is 18.0 Å². The Kier molecular flexibility index (Phi) is 3.79. The van der Waals surface area contributed by atoms with E-state index in [1.165, 1.54) is 5.69 Å². The molecule has 0 atom stereocenters. The molecule has 1 aromatic heterocycles. The van der Waals surface area contributed by atoms with Crippen LogP contribution >= 0.6 is 11.3 Å². The van der Waals surface area contributed by atoms with Crippen LogP contribution in [-0.4, -0.2) is 18.1 Å². The van der Waals surface area contributed by atoms with Crippen molar-refractivity contribution in [2.45, 2.75) is 13.8 Å². The highest BCUT2D eigenvalue weighted by molar-refractivity contribution is 7.10. The zero-order chi connectivity index (χ0) is 12.3. The molecular formula is C14H17N2S. The largest absolute Gasteiger partial charge is 0.372 e. The number of hydrogen-bond donors (Lipinski definition) is 0. The molecule has 0 N–H and O–H groups in total. The predicted octanol–water partition coefficient (Wildman–Crippen LogP) is 3.84. The zero-order valence-electron chi connectivity index (χ0n) is 10.3. The Balaban J connectivity index is 2.23. The van der Waals surface area contributed by atoms with Crippen LogP contribution in [0.1, 0.15) is 18.9 Å². The van der Waals surface area contributed by atoms with Gasteiger partial charge in [-0.25, -0.2) is 4.98 Å². The summed E-state index contributed by atoms with van der Waals surface area (Å²) in [6.45, 7) is 10.3. The molecule has 89 valence electrons. The maximum absolute atomic E-state index is 4.39. The first-order valence-electron chi connectivity index (χ1n) is 5.87. The lowest BCUT2D eigenvalue weighted by Gasteiger charge is -2.20. The fraction of sp³-hybridized carbons (Fsp3) is 0.286. The standard InChI is InChI=1S/C14H17N2S/c1-4-16(5-2)13-8-6-12(7-9-13)14-10-17-11(3)15-14/h6-10H,3-5H2,1-2H3. The minimum absolute atomic E-state index is 0.868. The smallest absolute Gasteiger partial charge is 0.0936 e. The molecule has 0 spiro atoms. The van der Waals surface area contributed by atoms with Crippen LogP contribution in [0.3, 0.4) is 0 Å². The van der Waals surface area contributed by atoms with Crippen LogP contribution in [0.2, 0.25) is 0 Å². The lowest BCUT2D eigenvalue weighted by atomic mass is 10.1. The van der Waals surface area contributed by atoms with E-state index in [4.69, 9.17) is 0 Å². The maximum Gasteiger partial charge on any atom is 0.0936 e. The lowest BCUT2D eigenvalue weighted by molar-refractivity contribution is 0.866. The maximum atomic E-state index is 4.39. The van der Waals surface area contributed by atoms with Gasteiger partial charge in [0.15, 0.2) is 0 Å². The molecule has 2 rings (SSSR count). The third-order valence-electron chi connectivity index (χ3n) is 2.84. The van der Waals surface area contributed by atoms with Gasteiger partial charge < -0.3 is 4.90 Å². The quantitative estimate of drug-likeness (QED) is 0.813. The van der Waals surface area contributed by atoms with Crippen molar-refractivity contribution < 1.29 is 0 Å². The number of aromatic nitrogens is 1. The van der Waals surface area contributed by atoms with Gasteiger partial charge in [-0.2, -0.15) is 0 Å². The Morgan fingerprint density at radius 1 is 1.18 bits per heavy atom. The molecule has 1 radical (unpaired) electrons. The highest BCUT2D eigenvalue weighted by atomic mass is 32.1. The average molecular weight is 245 g/mol. The Morgan fingerprint density at radius 3 is 2.29 bits per heavy atom. The number of benzene rings is 1. The zero-order valence-corrected chi connectivity index (χ0v) is 11.1. The molecular weight excluding hydrogens is 228 g/mol. The summed E-state index contributed by atoms with van der Waals surface area (Å²) in [6.07, 6.45) is 0. The van der Waals surface area contributed by atoms with E-state index in [2.05, 4.69) is 60.3 Å². The van der Waals surface area contributed by atoms with Gasteiger partial charge in [-0.1, -0.05) is 12.1 Å². The Hall–Kier alpha value is -1.35. The second-order valence-corrected chi connectivity index (χ2v) is 4.79. The van der Waals surface area contributed by atoms with E-state index in [-0.39, 0.29) is 0 Å². The first kappa shape index (κ1) is 12.1. The highest BCUT2D eigenvalue weighted by Crippen LogP contribution is 2.24. The van der Waals surface area contributed by atoms with Gasteiger partial charge in [0.25, 0.3) is 0 Å². The van der Waals surface area contributed by atoms with Crippen molar-refractivity contribution in [1.82, 2.24) is 4.98 Å². The molecule has 0 amide bonds. The van der Waals surface area contributed by atoms with Crippen LogP contribution in [0.4, 0.5) is 5.69 Å². The lowest BCUT2D eigenvalue weighted by Crippen LogP contribution is -2.21. The van der Waals surface area contributed by atoms with Crippen LogP contribution in [0.5, 0.6) is 0 Å². The summed E-state index contributed by atoms with van der Waals surface area (Å²) in [6, 6.07) is 8.57. The number of thiazole rings is 1. The van der Waals surface area contributed by atoms with E-state index in [0.29, 0.717) is 0 Å². The van der Waals surface area contributed by atoms with Crippen molar-refractivity contribution in [1.29, 1.82) is 0 Å². The van der Waals surface area contributed by atoms with Crippen molar-refractivity contribution >= 4 is 17.0 Å². The summed E-state index contributed by atoms with van der Waals surface area (Å²) in [7, 11) is 0. The molecule has 0 saturated carbocycles. The number of rotatable bonds is 4. The fourth-order valence-corrected chi connectivity index (χ4v) is 2.46. The fourth-order valence-electron chi connectivity index (χ4n) is 1.88. The third-order valence-corrected chi connectivity index (χ3v) is 3.55. The molecule has 0 aliphatic heterocycles. The van der Waals surface area contributed by atoms with Gasteiger partial charge in [-0.3, -0.25) is 0 Å². The molecule has 0 saturated heterocycles. The second kappa shape index (κ2) is 5.32. The molecule has 1 aromatic carbocycles. The molecule has 0 aliphatic carbocycles. The van der Waals surface area contributed by atoms with Gasteiger partial charge in [0.1, 0.15) is 0 Å². The molecule has 1 heterocycles. The molecule has 0 aliphatic rings. The number of hydrogen-bond acceptors (Lipinski definition) is 3. The van der Waals surface area contributed by atoms with Crippen molar-refractivity contribution in [3.63, 3.8) is 0 Å². The van der Waals surface area contributed by atoms with Crippen molar-refractivity contribution in [2.24, 2.45) is 0 Å². The second-order valence-electron chi connectivity index (χ2n) is 3.85. The minimum Gasteiger partial charge on any atom is -0.372 e. The van der Waals surface area contributed by atoms with Gasteiger partial charge in [0.2, 0.25) is 0 Å². The SMILES string of the molecule is [CH2]c1nc(-c2ccc(N(CC)CC)cc2)cs1. The normalized spacial score (nSPS) is 10.5. The van der Waals surface area contributed by atoms with Crippen molar-refractivity contribution in [3.05, 3.63) is 41.6 Å². The van der Waals surface area contributed by atoms with Crippen LogP contribution in [-0.2, 0) is 0 Å². The average Bonchev–Trinajstić information content (AvgIpc) is 2.78. The molecule has 2 aromatic rings. The summed E-state index contributed by atoms with van der Waals surface area (Å²) in [5.74, 6) is 0. The Labute approximate surface area is 107 Å². The Morgan fingerprint density at radius 2 is 1.82 bits per heavy atom. The topological polar surface area (TPSA) is 16.1 Å². The van der Waals surface area contributed by atoms with E-state index < -0.39 is 0 Å². The monoisotopic (exact) mass is 245 g/mol. The number of nitrogens with zero attached hydrogens (tertiary/aromatic N) is 2. The van der Waals surface area contributed by atoms with E-state index in [1.54, 1.807) is 11.3 Å². The van der Waals surface area contributed by atoms with Crippen LogP contribution < -0.4 is 4.90 Å². The minimum atomic E-state index is 0.868. The van der Waals surface area contributed by atoms with Gasteiger partial charge >= 0.3 is 0 Å². The first-order valence-corrected chi connectivity index (χ1v) is 6.75. The molecule has 3 heteroatoms. The van der Waals surface area contributed by atoms with Gasteiger partial charge in [0.05, 0.1) is 10.7 Å². The Bertz CT molecular complexity index is 469. The predicted molar refractivity (Wildman–Crippen MR) is 75.6 cm³/mol. The molecule has 2 nitrogen and oxygen atoms in total. The summed E-state index contributed by atoms with van der Waals surface area (Å²) in [5, 5.41) is 2.92. The first-order chi connectivity index (χ1) is 8.24. The molecule has 0 unspecified atom stereocenters. The van der Waals surface area contributed by atoms with Crippen molar-refractivity contribution in [3.8, 4) is 11.3 Å². The van der Waals surface area contributed by atoms with Crippen LogP contribution in [0.25, 0.3) is 11.3 Å². The van der Waals surface area contributed by atoms with E-state index in [0.717, 1.165) is 29.4 Å². The van der Waals surface area contributed by atoms with E-state index >= 15 is 0 Å². The summed E-state index contributed by atoms with van der Waals surface area (Å²) < 4.78 is 0. The molecule has 0 bridgehead atoms. The summed E-state index contributed by atoms with van der Waals surface area (Å²) in [5.41, 5.74) is 3.45. The van der Waals surface area contributed by atoms with Gasteiger partial charge in [0, 0.05) is 36.6 Å². The van der Waals surface area contributed by atoms with Gasteiger partial charge in [-0.05, 0) is 26.0 Å². The third kappa shape index (κ3) is 2.67. The van der Waals surface area contributed by atoms with Gasteiger partial charge in [-0.15, -0.1) is 11.3 Å². The summed E-state index contributed by atoms with van der Waals surface area (Å²) in [4.78, 5) is 6.72. The van der Waals surface area contributed by atoms with Crippen LogP contribution in [0.15, 0.2) is 29.6 Å². The van der Waals surface area contributed by atoms with E-state index in [1.807, 2.05) is 0 Å². The molecule has 0 fully saturated rings. The number of anilines is 1.